The van der Waals surface area contributed by atoms with Crippen molar-refractivity contribution in [3.8, 4) is 11.4 Å². The van der Waals surface area contributed by atoms with Gasteiger partial charge in [0.05, 0.1) is 12.6 Å². The summed E-state index contributed by atoms with van der Waals surface area (Å²) in [7, 11) is 0. The van der Waals surface area contributed by atoms with E-state index < -0.39 is 6.04 Å². The third-order valence-corrected chi connectivity index (χ3v) is 3.67. The molecular weight excluding hydrogens is 354 g/mol. The van der Waals surface area contributed by atoms with E-state index in [1.165, 1.54) is 0 Å². The van der Waals surface area contributed by atoms with Gasteiger partial charge in [-0.25, -0.2) is 9.97 Å². The van der Waals surface area contributed by atoms with Gasteiger partial charge in [-0.05, 0) is 43.2 Å². The van der Waals surface area contributed by atoms with Crippen molar-refractivity contribution in [2.75, 3.05) is 11.9 Å². The number of anilines is 1. The standard InChI is InChI=1S/C18H23N5O2.ClH/c1-11(2)16(19)18(25)21-10-15(24)23-14-6-4-13(5-7-14)17-20-9-8-12(3)22-17;/h4-9,11,16H,10,19H2,1-3H3,(H,21,25)(H,23,24);1H/t16-;/m0./s1. The first-order valence-electron chi connectivity index (χ1n) is 8.10. The van der Waals surface area contributed by atoms with E-state index in [9.17, 15) is 9.59 Å². The summed E-state index contributed by atoms with van der Waals surface area (Å²) in [6, 6.07) is 8.40. The first-order chi connectivity index (χ1) is 11.9. The van der Waals surface area contributed by atoms with Gasteiger partial charge in [0, 0.05) is 23.1 Å². The second kappa shape index (κ2) is 9.84. The van der Waals surface area contributed by atoms with Gasteiger partial charge in [0.25, 0.3) is 0 Å². The van der Waals surface area contributed by atoms with Gasteiger partial charge in [-0.2, -0.15) is 0 Å². The Morgan fingerprint density at radius 2 is 1.81 bits per heavy atom. The first-order valence-corrected chi connectivity index (χ1v) is 8.10. The second-order valence-electron chi connectivity index (χ2n) is 6.13. The van der Waals surface area contributed by atoms with Crippen LogP contribution >= 0.6 is 12.4 Å². The largest absolute Gasteiger partial charge is 0.346 e. The van der Waals surface area contributed by atoms with Gasteiger partial charge < -0.3 is 16.4 Å². The van der Waals surface area contributed by atoms with Crippen LogP contribution in [0.25, 0.3) is 11.4 Å². The molecule has 0 aliphatic rings. The highest BCUT2D eigenvalue weighted by Gasteiger charge is 2.17. The zero-order valence-corrected chi connectivity index (χ0v) is 15.8. The van der Waals surface area contributed by atoms with E-state index in [0.29, 0.717) is 11.5 Å². The molecule has 2 aromatic rings. The average Bonchev–Trinajstić information content (AvgIpc) is 2.59. The van der Waals surface area contributed by atoms with Crippen molar-refractivity contribution in [2.45, 2.75) is 26.8 Å². The van der Waals surface area contributed by atoms with Crippen LogP contribution < -0.4 is 16.4 Å². The number of nitrogens with one attached hydrogen (secondary N) is 2. The molecule has 2 rings (SSSR count). The Kier molecular flexibility index (Phi) is 8.15. The number of hydrogen-bond donors (Lipinski definition) is 3. The maximum Gasteiger partial charge on any atom is 0.243 e. The molecule has 26 heavy (non-hydrogen) atoms. The fourth-order valence-corrected chi connectivity index (χ4v) is 2.08. The minimum atomic E-state index is -0.624. The Hall–Kier alpha value is -2.51. The molecule has 0 saturated carbocycles. The fraction of sp³-hybridized carbons (Fsp3) is 0.333. The lowest BCUT2D eigenvalue weighted by atomic mass is 10.1. The van der Waals surface area contributed by atoms with Crippen LogP contribution in [0.1, 0.15) is 19.5 Å². The topological polar surface area (TPSA) is 110 Å². The Morgan fingerprint density at radius 1 is 1.15 bits per heavy atom. The van der Waals surface area contributed by atoms with E-state index in [2.05, 4.69) is 20.6 Å². The molecule has 4 N–H and O–H groups in total. The summed E-state index contributed by atoms with van der Waals surface area (Å²) in [4.78, 5) is 32.2. The number of carbonyl (C=O) groups is 2. The lowest BCUT2D eigenvalue weighted by Crippen LogP contribution is -2.46. The van der Waals surface area contributed by atoms with Crippen LogP contribution in [0.2, 0.25) is 0 Å². The highest BCUT2D eigenvalue weighted by Crippen LogP contribution is 2.17. The van der Waals surface area contributed by atoms with Crippen molar-refractivity contribution >= 4 is 29.9 Å². The van der Waals surface area contributed by atoms with Crippen LogP contribution in [0, 0.1) is 12.8 Å². The third kappa shape index (κ3) is 6.09. The summed E-state index contributed by atoms with van der Waals surface area (Å²) in [5.41, 5.74) is 8.10. The number of carbonyl (C=O) groups excluding carboxylic acids is 2. The molecule has 0 fully saturated rings. The van der Waals surface area contributed by atoms with E-state index in [-0.39, 0.29) is 36.7 Å². The van der Waals surface area contributed by atoms with E-state index >= 15 is 0 Å². The molecule has 0 radical (unpaired) electrons. The molecule has 1 aromatic carbocycles. The Balaban J connectivity index is 0.00000338. The van der Waals surface area contributed by atoms with Gasteiger partial charge in [0.15, 0.2) is 5.82 Å². The second-order valence-corrected chi connectivity index (χ2v) is 6.13. The molecule has 0 unspecified atom stereocenters. The van der Waals surface area contributed by atoms with Gasteiger partial charge in [-0.3, -0.25) is 9.59 Å². The van der Waals surface area contributed by atoms with Crippen LogP contribution in [0.4, 0.5) is 5.69 Å². The van der Waals surface area contributed by atoms with Gasteiger partial charge in [0.1, 0.15) is 0 Å². The number of aromatic nitrogens is 2. The average molecular weight is 378 g/mol. The maximum atomic E-state index is 11.9. The Bertz CT molecular complexity index is 750. The van der Waals surface area contributed by atoms with Crippen LogP contribution in [0.15, 0.2) is 36.5 Å². The van der Waals surface area contributed by atoms with Crippen LogP contribution in [-0.2, 0) is 9.59 Å². The van der Waals surface area contributed by atoms with Crippen LogP contribution in [0.5, 0.6) is 0 Å². The van der Waals surface area contributed by atoms with Crippen molar-refractivity contribution in [3.63, 3.8) is 0 Å². The summed E-state index contributed by atoms with van der Waals surface area (Å²) in [6.07, 6.45) is 1.71. The molecule has 140 valence electrons. The molecule has 0 aliphatic carbocycles. The summed E-state index contributed by atoms with van der Waals surface area (Å²) >= 11 is 0. The number of amides is 2. The third-order valence-electron chi connectivity index (χ3n) is 3.67. The number of aryl methyl sites for hydroxylation is 1. The number of hydrogen-bond acceptors (Lipinski definition) is 5. The van der Waals surface area contributed by atoms with Crippen molar-refractivity contribution in [1.82, 2.24) is 15.3 Å². The van der Waals surface area contributed by atoms with E-state index in [0.717, 1.165) is 11.3 Å². The smallest absolute Gasteiger partial charge is 0.243 e. The van der Waals surface area contributed by atoms with Crippen molar-refractivity contribution in [1.29, 1.82) is 0 Å². The predicted molar refractivity (Wildman–Crippen MR) is 104 cm³/mol. The van der Waals surface area contributed by atoms with Crippen molar-refractivity contribution in [2.24, 2.45) is 11.7 Å². The monoisotopic (exact) mass is 377 g/mol. The molecule has 0 bridgehead atoms. The van der Waals surface area contributed by atoms with Crippen LogP contribution in [-0.4, -0.2) is 34.4 Å². The number of nitrogens with two attached hydrogens (primary N) is 1. The quantitative estimate of drug-likeness (QED) is 0.712. The van der Waals surface area contributed by atoms with Gasteiger partial charge in [0.2, 0.25) is 11.8 Å². The zero-order valence-electron chi connectivity index (χ0n) is 15.0. The SMILES string of the molecule is Cc1ccnc(-c2ccc(NC(=O)CNC(=O)[C@@H](N)C(C)C)cc2)n1.Cl. The first kappa shape index (κ1) is 21.5. The van der Waals surface area contributed by atoms with Gasteiger partial charge in [-0.1, -0.05) is 13.8 Å². The number of benzene rings is 1. The molecule has 8 heteroatoms. The number of halogens is 1. The maximum absolute atomic E-state index is 11.9. The molecular formula is C18H24ClN5O2. The lowest BCUT2D eigenvalue weighted by molar-refractivity contribution is -0.125. The number of rotatable bonds is 6. The number of nitrogens with zero attached hydrogens (tertiary/aromatic N) is 2. The molecule has 0 spiro atoms. The predicted octanol–water partition coefficient (Wildman–Crippen LogP) is 1.91. The Labute approximate surface area is 159 Å². The van der Waals surface area contributed by atoms with Crippen LogP contribution in [0.3, 0.4) is 0 Å². The Morgan fingerprint density at radius 3 is 2.38 bits per heavy atom. The molecule has 0 saturated heterocycles. The summed E-state index contributed by atoms with van der Waals surface area (Å²) < 4.78 is 0. The zero-order chi connectivity index (χ0) is 18.4. The molecule has 2 amide bonds. The molecule has 0 aliphatic heterocycles. The van der Waals surface area contributed by atoms with E-state index in [1.807, 2.05) is 39.0 Å². The highest BCUT2D eigenvalue weighted by molar-refractivity contribution is 5.95. The summed E-state index contributed by atoms with van der Waals surface area (Å²) in [6.45, 7) is 5.48. The normalized spacial score (nSPS) is 11.4. The van der Waals surface area contributed by atoms with Gasteiger partial charge >= 0.3 is 0 Å². The molecule has 1 atom stereocenters. The van der Waals surface area contributed by atoms with Crippen molar-refractivity contribution < 1.29 is 9.59 Å². The molecule has 1 heterocycles. The molecule has 7 nitrogen and oxygen atoms in total. The highest BCUT2D eigenvalue weighted by atomic mass is 35.5. The van der Waals surface area contributed by atoms with E-state index in [4.69, 9.17) is 5.73 Å². The fourth-order valence-electron chi connectivity index (χ4n) is 2.08. The lowest BCUT2D eigenvalue weighted by Gasteiger charge is -2.15. The minimum absolute atomic E-state index is 0. The van der Waals surface area contributed by atoms with Crippen molar-refractivity contribution in [3.05, 3.63) is 42.2 Å². The molecule has 1 aromatic heterocycles. The summed E-state index contributed by atoms with van der Waals surface area (Å²) in [5.74, 6) is -0.00628. The summed E-state index contributed by atoms with van der Waals surface area (Å²) in [5, 5.41) is 5.25. The van der Waals surface area contributed by atoms with E-state index in [1.54, 1.807) is 18.3 Å². The minimum Gasteiger partial charge on any atom is -0.346 e. The van der Waals surface area contributed by atoms with Gasteiger partial charge in [-0.15, -0.1) is 12.4 Å².